The molecule has 1 aromatic carbocycles. The summed E-state index contributed by atoms with van der Waals surface area (Å²) in [5.41, 5.74) is 1.34. The molecule has 0 radical (unpaired) electrons. The van der Waals surface area contributed by atoms with Crippen molar-refractivity contribution in [3.63, 3.8) is 0 Å². The van der Waals surface area contributed by atoms with E-state index in [0.29, 0.717) is 6.04 Å². The topological polar surface area (TPSA) is 12.0 Å². The summed E-state index contributed by atoms with van der Waals surface area (Å²) in [6, 6.07) is 9.48. The Bertz CT molecular complexity index is 395. The monoisotopic (exact) mass is 259 g/mol. The SMILES string of the molecule is C#CCC(CC)NCc1ccc([Si](C)(C)C)cc1. The molecule has 0 aliphatic rings. The first-order chi connectivity index (χ1) is 8.47. The van der Waals surface area contributed by atoms with Crippen LogP contribution in [-0.2, 0) is 6.54 Å². The average Bonchev–Trinajstić information content (AvgIpc) is 2.34. The number of benzene rings is 1. The van der Waals surface area contributed by atoms with Crippen LogP contribution in [0.25, 0.3) is 0 Å². The van der Waals surface area contributed by atoms with Gasteiger partial charge in [-0.25, -0.2) is 0 Å². The molecule has 1 aromatic rings. The minimum Gasteiger partial charge on any atom is -0.309 e. The number of hydrogen-bond donors (Lipinski definition) is 1. The van der Waals surface area contributed by atoms with Crippen molar-refractivity contribution in [3.8, 4) is 12.3 Å². The molecular formula is C16H25NSi. The molecule has 0 amide bonds. The lowest BCUT2D eigenvalue weighted by molar-refractivity contribution is 0.507. The van der Waals surface area contributed by atoms with Gasteiger partial charge in [-0.3, -0.25) is 0 Å². The summed E-state index contributed by atoms with van der Waals surface area (Å²) in [7, 11) is -1.17. The zero-order valence-electron chi connectivity index (χ0n) is 12.1. The lowest BCUT2D eigenvalue weighted by Crippen LogP contribution is -2.37. The second-order valence-corrected chi connectivity index (χ2v) is 10.9. The summed E-state index contributed by atoms with van der Waals surface area (Å²) in [4.78, 5) is 0. The maximum atomic E-state index is 5.36. The molecule has 0 saturated heterocycles. The zero-order valence-corrected chi connectivity index (χ0v) is 13.1. The van der Waals surface area contributed by atoms with Crippen molar-refractivity contribution < 1.29 is 0 Å². The number of hydrogen-bond acceptors (Lipinski definition) is 1. The molecule has 0 aromatic heterocycles. The Morgan fingerprint density at radius 1 is 1.22 bits per heavy atom. The fraction of sp³-hybridized carbons (Fsp3) is 0.500. The van der Waals surface area contributed by atoms with Gasteiger partial charge in [-0.1, -0.05) is 56.0 Å². The lowest BCUT2D eigenvalue weighted by Gasteiger charge is -2.18. The maximum Gasteiger partial charge on any atom is 0.0775 e. The highest BCUT2D eigenvalue weighted by atomic mass is 28.3. The molecule has 0 bridgehead atoms. The first kappa shape index (κ1) is 15.0. The Morgan fingerprint density at radius 3 is 2.28 bits per heavy atom. The quantitative estimate of drug-likeness (QED) is 0.611. The molecule has 98 valence electrons. The van der Waals surface area contributed by atoms with Gasteiger partial charge in [0.1, 0.15) is 0 Å². The van der Waals surface area contributed by atoms with Crippen molar-refractivity contribution in [3.05, 3.63) is 29.8 Å². The van der Waals surface area contributed by atoms with Crippen LogP contribution in [0.3, 0.4) is 0 Å². The number of terminal acetylenes is 1. The van der Waals surface area contributed by atoms with Gasteiger partial charge in [0, 0.05) is 19.0 Å². The predicted molar refractivity (Wildman–Crippen MR) is 83.8 cm³/mol. The fourth-order valence-corrected chi connectivity index (χ4v) is 3.05. The zero-order chi connectivity index (χ0) is 13.6. The first-order valence-electron chi connectivity index (χ1n) is 6.73. The summed E-state index contributed by atoms with van der Waals surface area (Å²) < 4.78 is 0. The van der Waals surface area contributed by atoms with Gasteiger partial charge < -0.3 is 5.32 Å². The van der Waals surface area contributed by atoms with E-state index in [1.807, 2.05) is 0 Å². The molecule has 2 heteroatoms. The van der Waals surface area contributed by atoms with Crippen LogP contribution in [0.15, 0.2) is 24.3 Å². The van der Waals surface area contributed by atoms with E-state index in [9.17, 15) is 0 Å². The number of nitrogens with one attached hydrogen (secondary N) is 1. The minimum absolute atomic E-state index is 0.437. The molecule has 1 unspecified atom stereocenters. The number of rotatable bonds is 6. The van der Waals surface area contributed by atoms with Crippen LogP contribution >= 0.6 is 0 Å². The summed E-state index contributed by atoms with van der Waals surface area (Å²) in [6.45, 7) is 10.2. The van der Waals surface area contributed by atoms with Gasteiger partial charge in [-0.15, -0.1) is 12.3 Å². The highest BCUT2D eigenvalue weighted by molar-refractivity contribution is 6.88. The molecule has 18 heavy (non-hydrogen) atoms. The van der Waals surface area contributed by atoms with Crippen molar-refractivity contribution in [2.24, 2.45) is 0 Å². The average molecular weight is 259 g/mol. The van der Waals surface area contributed by atoms with Crippen molar-refractivity contribution in [2.75, 3.05) is 0 Å². The Kier molecular flexibility index (Phi) is 5.65. The van der Waals surface area contributed by atoms with Crippen LogP contribution in [0.4, 0.5) is 0 Å². The second-order valence-electron chi connectivity index (χ2n) is 5.84. The molecule has 0 aliphatic carbocycles. The summed E-state index contributed by atoms with van der Waals surface area (Å²) in [5, 5.41) is 5.03. The van der Waals surface area contributed by atoms with E-state index in [-0.39, 0.29) is 0 Å². The highest BCUT2D eigenvalue weighted by Crippen LogP contribution is 2.05. The van der Waals surface area contributed by atoms with Crippen LogP contribution in [0.1, 0.15) is 25.3 Å². The maximum absolute atomic E-state index is 5.36. The van der Waals surface area contributed by atoms with E-state index in [2.05, 4.69) is 62.1 Å². The van der Waals surface area contributed by atoms with Gasteiger partial charge in [0.25, 0.3) is 0 Å². The van der Waals surface area contributed by atoms with Crippen molar-refractivity contribution in [1.82, 2.24) is 5.32 Å². The molecule has 0 heterocycles. The van der Waals surface area contributed by atoms with Crippen LogP contribution < -0.4 is 10.5 Å². The third kappa shape index (κ3) is 4.68. The molecule has 1 rings (SSSR count). The Balaban J connectivity index is 2.57. The molecular weight excluding hydrogens is 234 g/mol. The van der Waals surface area contributed by atoms with E-state index in [1.165, 1.54) is 10.8 Å². The van der Waals surface area contributed by atoms with Gasteiger partial charge >= 0.3 is 0 Å². The molecule has 1 nitrogen and oxygen atoms in total. The summed E-state index contributed by atoms with van der Waals surface area (Å²) in [5.74, 6) is 2.73. The molecule has 0 fully saturated rings. The highest BCUT2D eigenvalue weighted by Gasteiger charge is 2.15. The van der Waals surface area contributed by atoms with Crippen LogP contribution in [-0.4, -0.2) is 14.1 Å². The Hall–Kier alpha value is -1.04. The summed E-state index contributed by atoms with van der Waals surface area (Å²) in [6.07, 6.45) is 7.25. The third-order valence-corrected chi connectivity index (χ3v) is 5.34. The molecule has 0 spiro atoms. The largest absolute Gasteiger partial charge is 0.309 e. The Morgan fingerprint density at radius 2 is 1.83 bits per heavy atom. The van der Waals surface area contributed by atoms with Crippen molar-refractivity contribution in [1.29, 1.82) is 0 Å². The normalized spacial score (nSPS) is 13.1. The van der Waals surface area contributed by atoms with Crippen LogP contribution in [0, 0.1) is 12.3 Å². The summed E-state index contributed by atoms with van der Waals surface area (Å²) >= 11 is 0. The predicted octanol–water partition coefficient (Wildman–Crippen LogP) is 3.12. The van der Waals surface area contributed by atoms with E-state index in [1.54, 1.807) is 0 Å². The third-order valence-electron chi connectivity index (χ3n) is 3.27. The molecule has 1 atom stereocenters. The van der Waals surface area contributed by atoms with Gasteiger partial charge in [-0.05, 0) is 12.0 Å². The Labute approximate surface area is 113 Å². The van der Waals surface area contributed by atoms with E-state index >= 15 is 0 Å². The molecule has 0 saturated carbocycles. The fourth-order valence-electron chi connectivity index (χ4n) is 1.89. The van der Waals surface area contributed by atoms with E-state index in [0.717, 1.165) is 19.4 Å². The second kappa shape index (κ2) is 6.77. The van der Waals surface area contributed by atoms with Crippen molar-refractivity contribution >= 4 is 13.3 Å². The van der Waals surface area contributed by atoms with Gasteiger partial charge in [0.2, 0.25) is 0 Å². The molecule has 1 N–H and O–H groups in total. The smallest absolute Gasteiger partial charge is 0.0775 e. The van der Waals surface area contributed by atoms with Gasteiger partial charge in [0.05, 0.1) is 8.07 Å². The van der Waals surface area contributed by atoms with Gasteiger partial charge in [0.15, 0.2) is 0 Å². The van der Waals surface area contributed by atoms with E-state index in [4.69, 9.17) is 6.42 Å². The lowest BCUT2D eigenvalue weighted by atomic mass is 10.1. The van der Waals surface area contributed by atoms with Crippen LogP contribution in [0.2, 0.25) is 19.6 Å². The van der Waals surface area contributed by atoms with Crippen LogP contribution in [0.5, 0.6) is 0 Å². The molecule has 0 aliphatic heterocycles. The first-order valence-corrected chi connectivity index (χ1v) is 10.2. The minimum atomic E-state index is -1.17. The van der Waals surface area contributed by atoms with E-state index < -0.39 is 8.07 Å². The van der Waals surface area contributed by atoms with Gasteiger partial charge in [-0.2, -0.15) is 0 Å². The van der Waals surface area contributed by atoms with Crippen molar-refractivity contribution in [2.45, 2.75) is 52.0 Å². The standard InChI is InChI=1S/C16H25NSi/c1-6-8-15(7-2)17-13-14-9-11-16(12-10-14)18(3,4)5/h1,9-12,15,17H,7-8,13H2,2-5H3.